The number of fused-ring (bicyclic) bond motifs is 5. The summed E-state index contributed by atoms with van der Waals surface area (Å²) in [7, 11) is 0. The van der Waals surface area contributed by atoms with Crippen molar-refractivity contribution >= 4 is 23.5 Å². The number of carboxylic acid groups (broad SMARTS) is 1. The summed E-state index contributed by atoms with van der Waals surface area (Å²) in [5, 5.41) is 20.6. The normalized spacial score (nSPS) is 41.9. The minimum atomic E-state index is -1.57. The number of esters is 1. The number of hydrogen-bond donors (Lipinski definition) is 2. The molecule has 182 valence electrons. The van der Waals surface area contributed by atoms with E-state index in [4.69, 9.17) is 9.84 Å². The summed E-state index contributed by atoms with van der Waals surface area (Å²) in [5.41, 5.74) is -0.865. The summed E-state index contributed by atoms with van der Waals surface area (Å²) < 4.78 is 5.06. The Morgan fingerprint density at radius 1 is 1.09 bits per heavy atom. The predicted molar refractivity (Wildman–Crippen MR) is 119 cm³/mol. The summed E-state index contributed by atoms with van der Waals surface area (Å²) in [6, 6.07) is 0. The summed E-state index contributed by atoms with van der Waals surface area (Å²) >= 11 is 0. The van der Waals surface area contributed by atoms with Crippen molar-refractivity contribution in [2.45, 2.75) is 84.2 Å². The number of ether oxygens (including phenoxy) is 1. The molecule has 7 heteroatoms. The first-order valence-corrected chi connectivity index (χ1v) is 12.3. The van der Waals surface area contributed by atoms with Crippen molar-refractivity contribution in [1.82, 2.24) is 0 Å². The molecule has 4 rings (SSSR count). The van der Waals surface area contributed by atoms with Crippen molar-refractivity contribution in [2.75, 3.05) is 6.61 Å². The van der Waals surface area contributed by atoms with E-state index in [0.29, 0.717) is 18.3 Å². The van der Waals surface area contributed by atoms with Crippen LogP contribution in [0.4, 0.5) is 0 Å². The van der Waals surface area contributed by atoms with Gasteiger partial charge in [-0.15, -0.1) is 0 Å². The average molecular weight is 461 g/mol. The number of aliphatic hydroxyl groups is 1. The van der Waals surface area contributed by atoms with Crippen molar-refractivity contribution in [2.24, 2.45) is 34.5 Å². The molecule has 0 spiro atoms. The lowest BCUT2D eigenvalue weighted by atomic mass is 9.46. The fourth-order valence-electron chi connectivity index (χ4n) is 8.03. The Hall–Kier alpha value is -2.02. The number of rotatable bonds is 6. The van der Waals surface area contributed by atoms with Crippen LogP contribution >= 0.6 is 0 Å². The number of ketones is 2. The third-order valence-corrected chi connectivity index (χ3v) is 9.88. The largest absolute Gasteiger partial charge is 0.481 e. The smallest absolute Gasteiger partial charge is 0.306 e. The van der Waals surface area contributed by atoms with Crippen LogP contribution in [-0.4, -0.2) is 45.9 Å². The molecule has 0 saturated heterocycles. The van der Waals surface area contributed by atoms with Crippen LogP contribution in [0.5, 0.6) is 0 Å². The number of aliphatic carboxylic acids is 1. The molecule has 4 aliphatic rings. The highest BCUT2D eigenvalue weighted by atomic mass is 16.5. The molecule has 0 aromatic heterocycles. The van der Waals surface area contributed by atoms with Crippen LogP contribution in [0.2, 0.25) is 0 Å². The van der Waals surface area contributed by atoms with Crippen molar-refractivity contribution in [3.8, 4) is 0 Å². The maximum Gasteiger partial charge on any atom is 0.306 e. The van der Waals surface area contributed by atoms with E-state index in [1.54, 1.807) is 0 Å². The minimum Gasteiger partial charge on any atom is -0.481 e. The Balaban J connectivity index is 1.53. The van der Waals surface area contributed by atoms with Gasteiger partial charge in [0.05, 0.1) is 12.8 Å². The molecule has 0 radical (unpaired) electrons. The van der Waals surface area contributed by atoms with Gasteiger partial charge in [0.15, 0.2) is 12.4 Å². The lowest BCUT2D eigenvalue weighted by Gasteiger charge is -2.59. The molecule has 4 aliphatic carbocycles. The molecule has 0 bridgehead atoms. The molecule has 0 aromatic carbocycles. The summed E-state index contributed by atoms with van der Waals surface area (Å²) in [6.07, 6.45) is 6.96. The van der Waals surface area contributed by atoms with Gasteiger partial charge >= 0.3 is 11.9 Å². The number of hydrogen-bond acceptors (Lipinski definition) is 6. The quantitative estimate of drug-likeness (QED) is 0.583. The molecule has 0 aliphatic heterocycles. The Bertz CT molecular complexity index is 906. The lowest BCUT2D eigenvalue weighted by molar-refractivity contribution is -0.175. The summed E-state index contributed by atoms with van der Waals surface area (Å²) in [4.78, 5) is 47.8. The molecular formula is C26H36O7. The molecule has 33 heavy (non-hydrogen) atoms. The number of Topliss-reactive ketones (excluding diaryl/α,β-unsaturated/α-hetero) is 1. The monoisotopic (exact) mass is 460 g/mol. The number of allylic oxidation sites excluding steroid dienone is 1. The van der Waals surface area contributed by atoms with E-state index in [9.17, 15) is 24.3 Å². The van der Waals surface area contributed by atoms with Crippen LogP contribution < -0.4 is 0 Å². The zero-order valence-corrected chi connectivity index (χ0v) is 19.9. The molecular weight excluding hydrogens is 424 g/mol. The first kappa shape index (κ1) is 24.1. The molecule has 0 amide bonds. The van der Waals surface area contributed by atoms with E-state index in [0.717, 1.165) is 38.5 Å². The molecule has 0 heterocycles. The van der Waals surface area contributed by atoms with Crippen LogP contribution in [0.15, 0.2) is 11.6 Å². The third-order valence-electron chi connectivity index (χ3n) is 9.88. The molecule has 7 atom stereocenters. The van der Waals surface area contributed by atoms with Crippen molar-refractivity contribution in [3.05, 3.63) is 11.6 Å². The van der Waals surface area contributed by atoms with Crippen LogP contribution in [0.25, 0.3) is 0 Å². The highest BCUT2D eigenvalue weighted by Gasteiger charge is 2.68. The first-order valence-electron chi connectivity index (χ1n) is 12.3. The number of carboxylic acids is 1. The van der Waals surface area contributed by atoms with E-state index in [-0.39, 0.29) is 35.9 Å². The highest BCUT2D eigenvalue weighted by molar-refractivity contribution is 5.92. The highest BCUT2D eigenvalue weighted by Crippen LogP contribution is 2.68. The van der Waals surface area contributed by atoms with E-state index in [1.807, 2.05) is 19.9 Å². The summed E-state index contributed by atoms with van der Waals surface area (Å²) in [5.74, 6) is -1.31. The van der Waals surface area contributed by atoms with Crippen LogP contribution in [0.1, 0.15) is 78.6 Å². The van der Waals surface area contributed by atoms with Crippen LogP contribution in [0, 0.1) is 34.5 Å². The maximum absolute atomic E-state index is 13.3. The molecule has 3 saturated carbocycles. The lowest BCUT2D eigenvalue weighted by Crippen LogP contribution is -2.59. The topological polar surface area (TPSA) is 118 Å². The van der Waals surface area contributed by atoms with Gasteiger partial charge in [-0.2, -0.15) is 0 Å². The molecule has 7 nitrogen and oxygen atoms in total. The van der Waals surface area contributed by atoms with Crippen molar-refractivity contribution in [1.29, 1.82) is 0 Å². The SMILES string of the molecule is C[C@H]1C[C@H]2[C@@H]3CCC4=CC(=O)CC[C@]4(C)[C@H]3CC[C@]2(C)[C@@]1(O)C(=O)COC(=O)CCC(=O)O. The standard InChI is InChI=1S/C26H36O7/c1-15-12-20-18-5-4-16-13-17(27)8-10-24(16,2)19(18)9-11-25(20,3)26(15,32)21(28)14-33-23(31)7-6-22(29)30/h13,15,18-20,32H,4-12,14H2,1-3H3,(H,29,30)/t15-,18+,19-,20-,24-,25-,26-/m0/s1. The van der Waals surface area contributed by atoms with Gasteiger partial charge in [-0.25, -0.2) is 0 Å². The predicted octanol–water partition coefficient (Wildman–Crippen LogP) is 3.47. The molecule has 0 unspecified atom stereocenters. The number of carbonyl (C=O) groups excluding carboxylic acids is 3. The van der Waals surface area contributed by atoms with E-state index in [1.165, 1.54) is 5.57 Å². The Morgan fingerprint density at radius 2 is 1.82 bits per heavy atom. The Kier molecular flexibility index (Phi) is 6.09. The van der Waals surface area contributed by atoms with Gasteiger partial charge < -0.3 is 14.9 Å². The maximum atomic E-state index is 13.3. The molecule has 2 N–H and O–H groups in total. The summed E-state index contributed by atoms with van der Waals surface area (Å²) in [6.45, 7) is 5.72. The van der Waals surface area contributed by atoms with Crippen molar-refractivity contribution in [3.63, 3.8) is 0 Å². The number of carbonyl (C=O) groups is 4. The van der Waals surface area contributed by atoms with Gasteiger partial charge in [0, 0.05) is 11.8 Å². The van der Waals surface area contributed by atoms with E-state index < -0.39 is 35.3 Å². The first-order chi connectivity index (χ1) is 15.4. The van der Waals surface area contributed by atoms with Gasteiger partial charge in [0.2, 0.25) is 5.78 Å². The Labute approximate surface area is 194 Å². The zero-order valence-electron chi connectivity index (χ0n) is 19.9. The van der Waals surface area contributed by atoms with Gasteiger partial charge in [0.1, 0.15) is 5.60 Å². The fraction of sp³-hybridized carbons (Fsp3) is 0.769. The minimum absolute atomic E-state index is 0.0196. The van der Waals surface area contributed by atoms with Crippen molar-refractivity contribution < 1.29 is 34.1 Å². The second-order valence-electron chi connectivity index (χ2n) is 11.3. The molecule has 0 aromatic rings. The van der Waals surface area contributed by atoms with Gasteiger partial charge in [-0.3, -0.25) is 19.2 Å². The van der Waals surface area contributed by atoms with Crippen LogP contribution in [-0.2, 0) is 23.9 Å². The zero-order chi connectivity index (χ0) is 24.2. The van der Waals surface area contributed by atoms with Gasteiger partial charge in [-0.05, 0) is 73.7 Å². The van der Waals surface area contributed by atoms with Crippen LogP contribution in [0.3, 0.4) is 0 Å². The second kappa shape index (κ2) is 8.33. The van der Waals surface area contributed by atoms with E-state index >= 15 is 0 Å². The Morgan fingerprint density at radius 3 is 2.52 bits per heavy atom. The molecule has 3 fully saturated rings. The second-order valence-corrected chi connectivity index (χ2v) is 11.3. The third kappa shape index (κ3) is 3.67. The average Bonchev–Trinajstić information content (AvgIpc) is 2.98. The van der Waals surface area contributed by atoms with E-state index in [2.05, 4.69) is 6.92 Å². The van der Waals surface area contributed by atoms with Gasteiger partial charge in [0.25, 0.3) is 0 Å². The fourth-order valence-corrected chi connectivity index (χ4v) is 8.03. The van der Waals surface area contributed by atoms with Gasteiger partial charge in [-0.1, -0.05) is 26.3 Å².